The largest absolute Gasteiger partial charge is 0.509 e. The molecule has 15 nitrogen and oxygen atoms in total. The number of nitrogens with zero attached hydrogens (tertiary/aromatic N) is 5. The standard InChI is InChI=1S/C25H37N5O10/c1-15-11-30(21(33)29(20(15)32)9-8-28-12-16(13-31)26-27-28)19-10-17(38-23(35)40-25(5,6)7)18(37-19)14-36-22(34)39-24(2,3)4/h11-12,17-19,31H,8-10,13-14H2,1-7H3/t17-,18+,19?/m0/s1. The monoisotopic (exact) mass is 567 g/mol. The quantitative estimate of drug-likeness (QED) is 0.457. The van der Waals surface area contributed by atoms with Crippen LogP contribution in [0.1, 0.15) is 65.4 Å². The van der Waals surface area contributed by atoms with Crippen molar-refractivity contribution in [1.82, 2.24) is 24.1 Å². The number of carbonyl (C=O) groups excluding carboxylic acids is 2. The molecule has 1 aliphatic rings. The van der Waals surface area contributed by atoms with Gasteiger partial charge in [0, 0.05) is 18.2 Å². The summed E-state index contributed by atoms with van der Waals surface area (Å²) in [7, 11) is 0. The molecule has 0 aromatic carbocycles. The highest BCUT2D eigenvalue weighted by Gasteiger charge is 2.41. The second-order valence-electron chi connectivity index (χ2n) is 11.4. The van der Waals surface area contributed by atoms with Gasteiger partial charge in [0.1, 0.15) is 41.9 Å². The number of aryl methyl sites for hydroxylation is 2. The second-order valence-corrected chi connectivity index (χ2v) is 11.4. The molecule has 1 aliphatic heterocycles. The van der Waals surface area contributed by atoms with Crippen molar-refractivity contribution in [1.29, 1.82) is 0 Å². The lowest BCUT2D eigenvalue weighted by atomic mass is 10.2. The molecule has 0 spiro atoms. The van der Waals surface area contributed by atoms with Gasteiger partial charge in [0.15, 0.2) is 0 Å². The van der Waals surface area contributed by atoms with Crippen LogP contribution >= 0.6 is 0 Å². The first-order chi connectivity index (χ1) is 18.6. The van der Waals surface area contributed by atoms with Crippen LogP contribution in [0, 0.1) is 6.92 Å². The van der Waals surface area contributed by atoms with Gasteiger partial charge in [-0.25, -0.2) is 14.4 Å². The number of ether oxygens (including phenoxy) is 5. The second kappa shape index (κ2) is 12.2. The zero-order valence-corrected chi connectivity index (χ0v) is 23.8. The molecule has 2 aromatic heterocycles. The number of rotatable bonds is 8. The summed E-state index contributed by atoms with van der Waals surface area (Å²) < 4.78 is 30.8. The summed E-state index contributed by atoms with van der Waals surface area (Å²) in [5, 5.41) is 16.8. The lowest BCUT2D eigenvalue weighted by Crippen LogP contribution is -2.42. The third kappa shape index (κ3) is 8.39. The van der Waals surface area contributed by atoms with E-state index in [-0.39, 0.29) is 38.3 Å². The first kappa shape index (κ1) is 30.8. The van der Waals surface area contributed by atoms with E-state index in [2.05, 4.69) is 10.3 Å². The summed E-state index contributed by atoms with van der Waals surface area (Å²) in [5.74, 6) is 0. The van der Waals surface area contributed by atoms with E-state index in [1.807, 2.05) is 0 Å². The molecule has 0 aliphatic carbocycles. The SMILES string of the molecule is Cc1cn(C2C[C@H](OC(=O)OC(C)(C)C)[C@@H](COC(=O)OC(C)(C)C)O2)c(=O)n(CCn2cc(CO)nn2)c1=O. The number of hydrogen-bond donors (Lipinski definition) is 1. The summed E-state index contributed by atoms with van der Waals surface area (Å²) in [6.45, 7) is 11.2. The zero-order valence-electron chi connectivity index (χ0n) is 23.8. The van der Waals surface area contributed by atoms with E-state index >= 15 is 0 Å². The minimum atomic E-state index is -0.954. The Balaban J connectivity index is 1.83. The van der Waals surface area contributed by atoms with Crippen LogP contribution in [0.5, 0.6) is 0 Å². The van der Waals surface area contributed by atoms with Gasteiger partial charge in [-0.3, -0.25) is 18.6 Å². The first-order valence-corrected chi connectivity index (χ1v) is 12.8. The fourth-order valence-corrected chi connectivity index (χ4v) is 3.86. The fraction of sp³-hybridized carbons (Fsp3) is 0.680. The third-order valence-corrected chi connectivity index (χ3v) is 5.55. The molecule has 222 valence electrons. The van der Waals surface area contributed by atoms with Gasteiger partial charge >= 0.3 is 18.0 Å². The van der Waals surface area contributed by atoms with Gasteiger partial charge in [-0.1, -0.05) is 5.21 Å². The molecule has 1 N–H and O–H groups in total. The van der Waals surface area contributed by atoms with Gasteiger partial charge in [-0.05, 0) is 48.5 Å². The van der Waals surface area contributed by atoms with Crippen LogP contribution in [0.25, 0.3) is 0 Å². The number of aliphatic hydroxyl groups excluding tert-OH is 1. The van der Waals surface area contributed by atoms with Crippen molar-refractivity contribution in [2.24, 2.45) is 0 Å². The molecule has 15 heteroatoms. The molecule has 1 fully saturated rings. The van der Waals surface area contributed by atoms with E-state index in [1.54, 1.807) is 48.5 Å². The van der Waals surface area contributed by atoms with E-state index in [0.717, 1.165) is 4.57 Å². The van der Waals surface area contributed by atoms with Gasteiger partial charge in [0.05, 0.1) is 25.9 Å². The molecule has 3 heterocycles. The lowest BCUT2D eigenvalue weighted by Gasteiger charge is -2.23. The molecule has 2 aromatic rings. The highest BCUT2D eigenvalue weighted by molar-refractivity contribution is 5.61. The zero-order chi connectivity index (χ0) is 29.8. The topological polar surface area (TPSA) is 175 Å². The summed E-state index contributed by atoms with van der Waals surface area (Å²) in [6, 6.07) is 0. The number of aliphatic hydroxyl groups is 1. The molecular weight excluding hydrogens is 530 g/mol. The summed E-state index contributed by atoms with van der Waals surface area (Å²) >= 11 is 0. The van der Waals surface area contributed by atoms with E-state index in [0.29, 0.717) is 5.69 Å². The highest BCUT2D eigenvalue weighted by Crippen LogP contribution is 2.31. The molecule has 1 unspecified atom stereocenters. The Hall–Kier alpha value is -3.72. The van der Waals surface area contributed by atoms with Crippen molar-refractivity contribution >= 4 is 12.3 Å². The van der Waals surface area contributed by atoms with Crippen LogP contribution in [0.3, 0.4) is 0 Å². The van der Waals surface area contributed by atoms with Crippen molar-refractivity contribution in [2.75, 3.05) is 6.61 Å². The Kier molecular flexibility index (Phi) is 9.40. The molecule has 0 saturated carbocycles. The third-order valence-electron chi connectivity index (χ3n) is 5.55. The Labute approximate surface area is 230 Å². The normalized spacial score (nSPS) is 19.4. The molecule has 0 amide bonds. The average Bonchev–Trinajstić information content (AvgIpc) is 3.44. The van der Waals surface area contributed by atoms with Gasteiger partial charge in [0.25, 0.3) is 5.56 Å². The Bertz CT molecular complexity index is 1320. The molecule has 3 atom stereocenters. The summed E-state index contributed by atoms with van der Waals surface area (Å²) in [5.41, 5.74) is -2.13. The van der Waals surface area contributed by atoms with Crippen LogP contribution in [0.4, 0.5) is 9.59 Å². The Morgan fingerprint density at radius 1 is 1.05 bits per heavy atom. The summed E-state index contributed by atoms with van der Waals surface area (Å²) in [6.07, 6.45) is -1.85. The van der Waals surface area contributed by atoms with Crippen LogP contribution in [-0.2, 0) is 43.4 Å². The van der Waals surface area contributed by atoms with Crippen molar-refractivity contribution in [2.45, 2.75) is 104 Å². The van der Waals surface area contributed by atoms with Crippen molar-refractivity contribution in [3.05, 3.63) is 44.5 Å². The van der Waals surface area contributed by atoms with Crippen LogP contribution in [0.15, 0.2) is 22.0 Å². The Morgan fingerprint density at radius 3 is 2.30 bits per heavy atom. The molecular formula is C25H37N5O10. The van der Waals surface area contributed by atoms with E-state index in [4.69, 9.17) is 23.7 Å². The lowest BCUT2D eigenvalue weighted by molar-refractivity contribution is -0.0824. The molecule has 0 radical (unpaired) electrons. The smallest absolute Gasteiger partial charge is 0.431 e. The predicted octanol–water partition coefficient (Wildman–Crippen LogP) is 1.66. The van der Waals surface area contributed by atoms with Gasteiger partial charge in [-0.2, -0.15) is 0 Å². The average molecular weight is 568 g/mol. The predicted molar refractivity (Wildman–Crippen MR) is 137 cm³/mol. The number of aromatic nitrogens is 5. The maximum atomic E-state index is 13.4. The maximum Gasteiger partial charge on any atom is 0.509 e. The van der Waals surface area contributed by atoms with Crippen LogP contribution in [0.2, 0.25) is 0 Å². The molecule has 3 rings (SSSR count). The minimum Gasteiger partial charge on any atom is -0.431 e. The minimum absolute atomic E-state index is 0.0159. The maximum absolute atomic E-state index is 13.4. The molecule has 40 heavy (non-hydrogen) atoms. The first-order valence-electron chi connectivity index (χ1n) is 12.8. The van der Waals surface area contributed by atoms with Gasteiger partial charge in [0.2, 0.25) is 0 Å². The number of hydrogen-bond acceptors (Lipinski definition) is 12. The van der Waals surface area contributed by atoms with Crippen molar-refractivity contribution in [3.63, 3.8) is 0 Å². The fourth-order valence-electron chi connectivity index (χ4n) is 3.86. The van der Waals surface area contributed by atoms with E-state index < -0.39 is 53.2 Å². The molecule has 1 saturated heterocycles. The number of carbonyl (C=O) groups is 2. The highest BCUT2D eigenvalue weighted by atomic mass is 16.8. The van der Waals surface area contributed by atoms with Crippen LogP contribution < -0.4 is 11.2 Å². The van der Waals surface area contributed by atoms with E-state index in [1.165, 1.54) is 21.6 Å². The summed E-state index contributed by atoms with van der Waals surface area (Å²) in [4.78, 5) is 50.7. The van der Waals surface area contributed by atoms with Crippen molar-refractivity contribution < 1.29 is 38.4 Å². The molecule has 0 bridgehead atoms. The Morgan fingerprint density at radius 2 is 1.70 bits per heavy atom. The van der Waals surface area contributed by atoms with Crippen molar-refractivity contribution in [3.8, 4) is 0 Å². The van der Waals surface area contributed by atoms with E-state index in [9.17, 15) is 24.3 Å². The van der Waals surface area contributed by atoms with Crippen LogP contribution in [-0.4, -0.2) is 71.6 Å². The van der Waals surface area contributed by atoms with Gasteiger partial charge in [-0.15, -0.1) is 5.10 Å². The van der Waals surface area contributed by atoms with Gasteiger partial charge < -0.3 is 28.8 Å².